The summed E-state index contributed by atoms with van der Waals surface area (Å²) < 4.78 is 4.55. The third kappa shape index (κ3) is 4.44. The molecule has 9 rings (SSSR count). The molecule has 226 valence electrons. The van der Waals surface area contributed by atoms with Crippen molar-refractivity contribution >= 4 is 55.4 Å². The van der Waals surface area contributed by atoms with Gasteiger partial charge in [0, 0.05) is 38.4 Å². The van der Waals surface area contributed by atoms with Crippen molar-refractivity contribution in [2.75, 3.05) is 0 Å². The summed E-state index contributed by atoms with van der Waals surface area (Å²) in [6, 6.07) is 52.2. The van der Waals surface area contributed by atoms with Gasteiger partial charge in [-0.25, -0.2) is 4.98 Å². The van der Waals surface area contributed by atoms with Crippen LogP contribution in [0.15, 0.2) is 164 Å². The average Bonchev–Trinajstić information content (AvgIpc) is 3.68. The van der Waals surface area contributed by atoms with E-state index in [1.54, 1.807) is 0 Å². The minimum Gasteiger partial charge on any atom is -0.307 e. The first-order chi connectivity index (χ1) is 23.8. The fourth-order valence-corrected chi connectivity index (χ4v) is 6.81. The number of hydrogen-bond acceptors (Lipinski definition) is 3. The van der Waals surface area contributed by atoms with E-state index < -0.39 is 0 Å². The average molecular weight is 616 g/mol. The third-order valence-electron chi connectivity index (χ3n) is 8.94. The molecule has 0 atom stereocenters. The quantitative estimate of drug-likeness (QED) is 0.175. The lowest BCUT2D eigenvalue weighted by molar-refractivity contribution is 0.954. The molecule has 6 aromatic carbocycles. The first-order valence-corrected chi connectivity index (χ1v) is 16.0. The molecule has 0 saturated heterocycles. The molecule has 5 nitrogen and oxygen atoms in total. The van der Waals surface area contributed by atoms with Crippen molar-refractivity contribution in [3.05, 3.63) is 170 Å². The number of hydrogen-bond donors (Lipinski definition) is 0. The molecule has 0 N–H and O–H groups in total. The van der Waals surface area contributed by atoms with Crippen LogP contribution in [0.25, 0.3) is 84.1 Å². The Morgan fingerprint density at radius 3 is 1.58 bits per heavy atom. The molecule has 0 radical (unpaired) electrons. The summed E-state index contributed by atoms with van der Waals surface area (Å²) in [7, 11) is 0. The highest BCUT2D eigenvalue weighted by molar-refractivity contribution is 6.24. The lowest BCUT2D eigenvalue weighted by atomic mass is 10.1. The van der Waals surface area contributed by atoms with Gasteiger partial charge in [-0.15, -0.1) is 0 Å². The monoisotopic (exact) mass is 615 g/mol. The highest BCUT2D eigenvalue weighted by Crippen LogP contribution is 2.41. The third-order valence-corrected chi connectivity index (χ3v) is 8.94. The Morgan fingerprint density at radius 1 is 0.479 bits per heavy atom. The zero-order valence-corrected chi connectivity index (χ0v) is 26.0. The summed E-state index contributed by atoms with van der Waals surface area (Å²) in [5.74, 6) is 1.80. The molecule has 0 aliphatic carbocycles. The molecule has 9 aromatic rings. The number of rotatable bonds is 6. The van der Waals surface area contributed by atoms with Crippen LogP contribution >= 0.6 is 0 Å². The van der Waals surface area contributed by atoms with Crippen LogP contribution in [0.1, 0.15) is 5.56 Å². The van der Waals surface area contributed by atoms with Crippen molar-refractivity contribution in [1.29, 1.82) is 0 Å². The highest BCUT2D eigenvalue weighted by atomic mass is 15.2. The van der Waals surface area contributed by atoms with Crippen LogP contribution in [-0.2, 0) is 0 Å². The molecule has 0 aliphatic heterocycles. The highest BCUT2D eigenvalue weighted by Gasteiger charge is 2.23. The number of nitrogens with zero attached hydrogens (tertiary/aromatic N) is 5. The fourth-order valence-electron chi connectivity index (χ4n) is 6.81. The van der Waals surface area contributed by atoms with Crippen LogP contribution < -0.4 is 0 Å². The molecular formula is C43H29N5. The van der Waals surface area contributed by atoms with Crippen LogP contribution in [0.4, 0.5) is 0 Å². The molecule has 48 heavy (non-hydrogen) atoms. The summed E-state index contributed by atoms with van der Waals surface area (Å²) >= 11 is 0. The second-order valence-corrected chi connectivity index (χ2v) is 11.8. The number of para-hydroxylation sites is 2. The number of fused-ring (bicyclic) bond motifs is 7. The Bertz CT molecular complexity index is 2610. The van der Waals surface area contributed by atoms with Gasteiger partial charge in [0.15, 0.2) is 11.6 Å². The van der Waals surface area contributed by atoms with Gasteiger partial charge >= 0.3 is 0 Å². The standard InChI is InChI=1S/C43H29N5/c1-2-32(28-29-16-6-3-7-17-29)47-37-24-14-12-22-33(37)35-26-27-36-34-23-13-15-25-38(34)48(40(36)39(35)47)43-45-41(30-18-8-4-9-19-30)44-42(46-43)31-20-10-5-11-21-31/h2-28H,1H2/b32-28+. The van der Waals surface area contributed by atoms with Gasteiger partial charge in [-0.3, -0.25) is 4.57 Å². The zero-order valence-electron chi connectivity index (χ0n) is 26.0. The Kier molecular flexibility index (Phi) is 6.54. The maximum atomic E-state index is 5.19. The lowest BCUT2D eigenvalue weighted by Gasteiger charge is -2.14. The molecule has 0 spiro atoms. The van der Waals surface area contributed by atoms with Crippen molar-refractivity contribution in [2.45, 2.75) is 0 Å². The summed E-state index contributed by atoms with van der Waals surface area (Å²) in [4.78, 5) is 15.4. The lowest BCUT2D eigenvalue weighted by Crippen LogP contribution is -2.07. The maximum Gasteiger partial charge on any atom is 0.238 e. The molecule has 0 bridgehead atoms. The van der Waals surface area contributed by atoms with Crippen LogP contribution in [0, 0.1) is 0 Å². The Balaban J connectivity index is 1.45. The molecular weight excluding hydrogens is 587 g/mol. The van der Waals surface area contributed by atoms with E-state index >= 15 is 0 Å². The summed E-state index contributed by atoms with van der Waals surface area (Å²) in [6.07, 6.45) is 4.13. The van der Waals surface area contributed by atoms with Gasteiger partial charge in [-0.1, -0.05) is 146 Å². The number of benzene rings is 6. The van der Waals surface area contributed by atoms with Gasteiger partial charge in [0.2, 0.25) is 5.95 Å². The largest absolute Gasteiger partial charge is 0.307 e. The smallest absolute Gasteiger partial charge is 0.238 e. The van der Waals surface area contributed by atoms with E-state index in [-0.39, 0.29) is 0 Å². The predicted molar refractivity (Wildman–Crippen MR) is 199 cm³/mol. The normalized spacial score (nSPS) is 12.0. The van der Waals surface area contributed by atoms with Crippen molar-refractivity contribution in [3.63, 3.8) is 0 Å². The molecule has 3 heterocycles. The van der Waals surface area contributed by atoms with E-state index in [1.165, 1.54) is 0 Å². The van der Waals surface area contributed by atoms with Gasteiger partial charge in [0.05, 0.1) is 22.1 Å². The molecule has 3 aromatic heterocycles. The zero-order chi connectivity index (χ0) is 32.0. The van der Waals surface area contributed by atoms with E-state index in [2.05, 4.69) is 107 Å². The van der Waals surface area contributed by atoms with Gasteiger partial charge in [0.25, 0.3) is 0 Å². The van der Waals surface area contributed by atoms with E-state index in [0.29, 0.717) is 17.6 Å². The van der Waals surface area contributed by atoms with Crippen LogP contribution in [-0.4, -0.2) is 24.1 Å². The molecule has 0 fully saturated rings. The van der Waals surface area contributed by atoms with E-state index in [0.717, 1.165) is 66.0 Å². The molecule has 0 saturated carbocycles. The van der Waals surface area contributed by atoms with Crippen molar-refractivity contribution in [2.24, 2.45) is 0 Å². The summed E-state index contributed by atoms with van der Waals surface area (Å²) in [5, 5.41) is 4.55. The number of aromatic nitrogens is 5. The van der Waals surface area contributed by atoms with E-state index in [9.17, 15) is 0 Å². The molecule has 0 amide bonds. The topological polar surface area (TPSA) is 48.5 Å². The van der Waals surface area contributed by atoms with Crippen molar-refractivity contribution in [1.82, 2.24) is 24.1 Å². The van der Waals surface area contributed by atoms with E-state index in [4.69, 9.17) is 15.0 Å². The first kappa shape index (κ1) is 27.7. The predicted octanol–water partition coefficient (Wildman–Crippen LogP) is 10.6. The van der Waals surface area contributed by atoms with Crippen LogP contribution in [0.3, 0.4) is 0 Å². The fraction of sp³-hybridized carbons (Fsp3) is 0. The second-order valence-electron chi connectivity index (χ2n) is 11.8. The van der Waals surface area contributed by atoms with Crippen molar-refractivity contribution < 1.29 is 0 Å². The molecule has 0 unspecified atom stereocenters. The summed E-state index contributed by atoms with van der Waals surface area (Å²) in [6.45, 7) is 4.29. The number of allylic oxidation sites excluding steroid dienone is 2. The first-order valence-electron chi connectivity index (χ1n) is 16.0. The Morgan fingerprint density at radius 2 is 0.979 bits per heavy atom. The minimum absolute atomic E-state index is 0.561. The molecule has 5 heteroatoms. The van der Waals surface area contributed by atoms with Gasteiger partial charge < -0.3 is 4.57 Å². The van der Waals surface area contributed by atoms with Gasteiger partial charge in [-0.2, -0.15) is 9.97 Å². The molecule has 0 aliphatic rings. The SMILES string of the molecule is C=C/C(=C\c1ccccc1)n1c2ccccc2c2ccc3c4ccccc4n(-c4nc(-c5ccccc5)nc(-c5ccccc5)n4)c3c21. The van der Waals surface area contributed by atoms with Crippen LogP contribution in [0.5, 0.6) is 0 Å². The Labute approximate surface area is 277 Å². The van der Waals surface area contributed by atoms with Gasteiger partial charge in [-0.05, 0) is 29.8 Å². The minimum atomic E-state index is 0.561. The Hall–Kier alpha value is -6.59. The second kappa shape index (κ2) is 11.3. The van der Waals surface area contributed by atoms with Crippen molar-refractivity contribution in [3.8, 4) is 28.7 Å². The summed E-state index contributed by atoms with van der Waals surface area (Å²) in [5.41, 5.74) is 8.14. The van der Waals surface area contributed by atoms with Crippen LogP contribution in [0.2, 0.25) is 0 Å². The van der Waals surface area contributed by atoms with Gasteiger partial charge in [0.1, 0.15) is 0 Å². The maximum absolute atomic E-state index is 5.19. The van der Waals surface area contributed by atoms with E-state index in [1.807, 2.05) is 72.8 Å².